The Morgan fingerprint density at radius 1 is 0.839 bits per heavy atom. The minimum Gasteiger partial charge on any atom is -0.493 e. The fraction of sp³-hybridized carbons (Fsp3) is 0.286. The van der Waals surface area contributed by atoms with Crippen LogP contribution in [0.2, 0.25) is 0 Å². The van der Waals surface area contributed by atoms with Crippen molar-refractivity contribution in [3.63, 3.8) is 0 Å². The van der Waals surface area contributed by atoms with Crippen LogP contribution >= 0.6 is 0 Å². The Morgan fingerprint density at radius 3 is 2.15 bits per heavy atom. The highest BCUT2D eigenvalue weighted by Gasteiger charge is 2.37. The van der Waals surface area contributed by atoms with Crippen molar-refractivity contribution in [2.75, 3.05) is 54.9 Å². The Labute approximate surface area is 360 Å². The van der Waals surface area contributed by atoms with Crippen LogP contribution in [0.25, 0.3) is 0 Å². The summed E-state index contributed by atoms with van der Waals surface area (Å²) in [4.78, 5) is 62.2. The van der Waals surface area contributed by atoms with E-state index in [0.717, 1.165) is 39.3 Å². The smallest absolute Gasteiger partial charge is 0.261 e. The second-order valence-corrected chi connectivity index (χ2v) is 15.8. The summed E-state index contributed by atoms with van der Waals surface area (Å²) in [7, 11) is 6.88. The number of carbonyl (C=O) groups is 4. The molecule has 318 valence electrons. The van der Waals surface area contributed by atoms with Crippen LogP contribution in [-0.2, 0) is 35.6 Å². The van der Waals surface area contributed by atoms with Crippen LogP contribution in [0.15, 0.2) is 96.0 Å². The summed E-state index contributed by atoms with van der Waals surface area (Å²) in [6.45, 7) is 2.48. The van der Waals surface area contributed by atoms with Gasteiger partial charge in [-0.1, -0.05) is 36.4 Å². The van der Waals surface area contributed by atoms with Crippen LogP contribution < -0.4 is 39.0 Å². The molecule has 3 heterocycles. The molecular formula is C49H49N5O8. The lowest BCUT2D eigenvalue weighted by atomic mass is 10.1. The Morgan fingerprint density at radius 2 is 1.48 bits per heavy atom. The summed E-state index contributed by atoms with van der Waals surface area (Å²) < 4.78 is 24.2. The summed E-state index contributed by atoms with van der Waals surface area (Å²) in [5.74, 6) is 1.23. The SMILES string of the molecule is COc1cc2c(cc1OCc1cc(COc3cc(NC(=O)C4Cc5ccccc5N4C)c(C=O)cc3OC)cc(N(C)CCCC(C)=O)c1)N=C[C@@H]1Cc3ccccc3N1C2=O. The van der Waals surface area contributed by atoms with E-state index in [1.807, 2.05) is 91.9 Å². The van der Waals surface area contributed by atoms with E-state index in [1.165, 1.54) is 14.2 Å². The molecule has 62 heavy (non-hydrogen) atoms. The van der Waals surface area contributed by atoms with E-state index in [4.69, 9.17) is 23.9 Å². The second kappa shape index (κ2) is 17.8. The molecule has 1 unspecified atom stereocenters. The number of para-hydroxylation sites is 2. The van der Waals surface area contributed by atoms with E-state index < -0.39 is 6.04 Å². The highest BCUT2D eigenvalue weighted by Crippen LogP contribution is 2.42. The molecule has 13 heteroatoms. The number of methoxy groups -OCH3 is 2. The number of nitrogens with one attached hydrogen (secondary N) is 1. The maximum absolute atomic E-state index is 14.0. The Kier molecular flexibility index (Phi) is 12.0. The summed E-state index contributed by atoms with van der Waals surface area (Å²) in [5, 5.41) is 2.97. The molecule has 3 aliphatic heterocycles. The average molecular weight is 836 g/mol. The van der Waals surface area contributed by atoms with Crippen molar-refractivity contribution in [2.45, 2.75) is 57.9 Å². The number of ether oxygens (including phenoxy) is 4. The Hall–Kier alpha value is -7.15. The molecule has 1 N–H and O–H groups in total. The molecule has 0 saturated heterocycles. The van der Waals surface area contributed by atoms with Crippen molar-refractivity contribution >= 4 is 58.5 Å². The van der Waals surface area contributed by atoms with E-state index in [9.17, 15) is 19.2 Å². The Balaban J connectivity index is 1.03. The average Bonchev–Trinajstić information content (AvgIpc) is 3.79. The predicted octanol–water partition coefficient (Wildman–Crippen LogP) is 7.77. The van der Waals surface area contributed by atoms with Crippen molar-refractivity contribution in [3.05, 3.63) is 124 Å². The van der Waals surface area contributed by atoms with E-state index in [0.29, 0.717) is 78.5 Å². The normalized spacial score (nSPS) is 15.8. The van der Waals surface area contributed by atoms with Gasteiger partial charge in [0.1, 0.15) is 25.0 Å². The van der Waals surface area contributed by atoms with Crippen LogP contribution in [0.1, 0.15) is 62.7 Å². The Bertz CT molecular complexity index is 2590. The first-order valence-corrected chi connectivity index (χ1v) is 20.6. The molecule has 13 nitrogen and oxygen atoms in total. The molecule has 8 rings (SSSR count). The minimum atomic E-state index is -0.453. The number of carbonyl (C=O) groups excluding carboxylic acids is 4. The summed E-state index contributed by atoms with van der Waals surface area (Å²) >= 11 is 0. The fourth-order valence-corrected chi connectivity index (χ4v) is 8.41. The predicted molar refractivity (Wildman–Crippen MR) is 240 cm³/mol. The van der Waals surface area contributed by atoms with Crippen LogP contribution in [0.5, 0.6) is 23.0 Å². The number of amides is 2. The lowest BCUT2D eigenvalue weighted by molar-refractivity contribution is -0.118. The van der Waals surface area contributed by atoms with Crippen LogP contribution in [0.3, 0.4) is 0 Å². The van der Waals surface area contributed by atoms with E-state index >= 15 is 0 Å². The fourth-order valence-electron chi connectivity index (χ4n) is 8.41. The van der Waals surface area contributed by atoms with Gasteiger partial charge in [-0.2, -0.15) is 0 Å². The maximum Gasteiger partial charge on any atom is 0.261 e. The summed E-state index contributed by atoms with van der Waals surface area (Å²) in [6.07, 6.45) is 4.89. The standard InChI is InChI=1S/C49H49N5O8/c1-30(56)11-10-16-52(2)36-18-31(28-61-46-24-39(35(27-55)22-44(46)59-4)51-48(57)43-21-34-13-6-8-14-41(34)53(43)3)17-32(19-36)29-62-47-25-40-38(23-45(47)60-5)49(58)54-37(26-50-40)20-33-12-7-9-15-42(33)54/h6-9,12-15,17-19,22-27,37,43H,10-11,16,20-21,28-29H2,1-5H3,(H,51,57)/t37-,43?/m0/s1. The topological polar surface area (TPSA) is 139 Å². The number of ketones is 1. The minimum absolute atomic E-state index is 0.104. The number of anilines is 4. The second-order valence-electron chi connectivity index (χ2n) is 15.8. The molecule has 2 atom stereocenters. The van der Waals surface area contributed by atoms with E-state index in [2.05, 4.69) is 10.2 Å². The third kappa shape index (κ3) is 8.43. The van der Waals surface area contributed by atoms with Crippen molar-refractivity contribution < 1.29 is 38.1 Å². The van der Waals surface area contributed by atoms with E-state index in [-0.39, 0.29) is 42.4 Å². The number of nitrogens with zero attached hydrogens (tertiary/aromatic N) is 4. The number of benzene rings is 5. The monoisotopic (exact) mass is 835 g/mol. The van der Waals surface area contributed by atoms with Crippen LogP contribution in [0.4, 0.5) is 28.4 Å². The van der Waals surface area contributed by atoms with Gasteiger partial charge in [0.2, 0.25) is 5.91 Å². The molecule has 5 aromatic rings. The molecule has 0 fully saturated rings. The number of hydrogen-bond acceptors (Lipinski definition) is 11. The highest BCUT2D eigenvalue weighted by atomic mass is 16.5. The highest BCUT2D eigenvalue weighted by molar-refractivity contribution is 6.14. The van der Waals surface area contributed by atoms with E-state index in [1.54, 1.807) is 36.1 Å². The molecule has 0 bridgehead atoms. The summed E-state index contributed by atoms with van der Waals surface area (Å²) in [6, 6.07) is 27.8. The van der Waals surface area contributed by atoms with Gasteiger partial charge in [-0.3, -0.25) is 24.3 Å². The zero-order valence-corrected chi connectivity index (χ0v) is 35.5. The van der Waals surface area contributed by atoms with Gasteiger partial charge in [-0.25, -0.2) is 0 Å². The lowest BCUT2D eigenvalue weighted by Gasteiger charge is -2.23. The van der Waals surface area contributed by atoms with Gasteiger partial charge < -0.3 is 38.9 Å². The molecular weight excluding hydrogens is 787 g/mol. The van der Waals surface area contributed by atoms with Crippen molar-refractivity contribution in [1.29, 1.82) is 0 Å². The third-order valence-electron chi connectivity index (χ3n) is 11.7. The van der Waals surface area contributed by atoms with Gasteiger partial charge in [-0.15, -0.1) is 0 Å². The van der Waals surface area contributed by atoms with Gasteiger partial charge >= 0.3 is 0 Å². The first-order chi connectivity index (χ1) is 30.0. The van der Waals surface area contributed by atoms with Gasteiger partial charge in [0, 0.05) is 80.9 Å². The zero-order chi connectivity index (χ0) is 43.5. The quantitative estimate of drug-likeness (QED) is 0.0982. The molecule has 0 spiro atoms. The maximum atomic E-state index is 14.0. The largest absolute Gasteiger partial charge is 0.493 e. The number of aldehydes is 1. The lowest BCUT2D eigenvalue weighted by Crippen LogP contribution is -2.39. The number of Topliss-reactive ketones (excluding diaryl/α,β-unsaturated/α-hetero) is 1. The number of aliphatic imine (C=N–C) groups is 1. The molecule has 5 aromatic carbocycles. The summed E-state index contributed by atoms with van der Waals surface area (Å²) in [5.41, 5.74) is 8.06. The van der Waals surface area contributed by atoms with Gasteiger partial charge in [0.25, 0.3) is 5.91 Å². The van der Waals surface area contributed by atoms with Gasteiger partial charge in [0.05, 0.1) is 37.2 Å². The molecule has 0 aliphatic carbocycles. The van der Waals surface area contributed by atoms with Crippen molar-refractivity contribution in [3.8, 4) is 23.0 Å². The molecule has 3 aliphatic rings. The van der Waals surface area contributed by atoms with Crippen molar-refractivity contribution in [2.24, 2.45) is 4.99 Å². The first kappa shape index (κ1) is 41.6. The first-order valence-electron chi connectivity index (χ1n) is 20.6. The number of likely N-dealkylation sites (N-methyl/N-ethyl adjacent to an activating group) is 1. The number of fused-ring (bicyclic) bond motifs is 5. The molecule has 2 amide bonds. The molecule has 0 aromatic heterocycles. The van der Waals surface area contributed by atoms with Gasteiger partial charge in [-0.05, 0) is 78.1 Å². The van der Waals surface area contributed by atoms with Crippen LogP contribution in [-0.4, -0.2) is 77.0 Å². The molecule has 0 radical (unpaired) electrons. The van der Waals surface area contributed by atoms with Crippen molar-refractivity contribution in [1.82, 2.24) is 0 Å². The molecule has 0 saturated carbocycles. The number of rotatable bonds is 16. The van der Waals surface area contributed by atoms with Crippen LogP contribution in [0, 0.1) is 0 Å². The third-order valence-corrected chi connectivity index (χ3v) is 11.7. The number of hydrogen-bond donors (Lipinski definition) is 1. The zero-order valence-electron chi connectivity index (χ0n) is 35.5. The van der Waals surface area contributed by atoms with Gasteiger partial charge in [0.15, 0.2) is 29.3 Å².